The first-order valence-electron chi connectivity index (χ1n) is 9.94. The van der Waals surface area contributed by atoms with Gasteiger partial charge in [-0.05, 0) is 53.1 Å². The van der Waals surface area contributed by atoms with Gasteiger partial charge in [-0.15, -0.1) is 0 Å². The number of nitrogens with zero attached hydrogens (tertiary/aromatic N) is 2. The van der Waals surface area contributed by atoms with Crippen LogP contribution in [0.2, 0.25) is 5.02 Å². The van der Waals surface area contributed by atoms with Crippen LogP contribution in [0.5, 0.6) is 5.75 Å². The van der Waals surface area contributed by atoms with Gasteiger partial charge >= 0.3 is 0 Å². The van der Waals surface area contributed by atoms with E-state index in [1.807, 2.05) is 24.3 Å². The third kappa shape index (κ3) is 3.87. The molecule has 2 aromatic carbocycles. The van der Waals surface area contributed by atoms with Crippen molar-refractivity contribution in [3.8, 4) is 5.75 Å². The van der Waals surface area contributed by atoms with Gasteiger partial charge in [-0.1, -0.05) is 49.7 Å². The topological polar surface area (TPSA) is 26.7 Å². The second kappa shape index (κ2) is 7.46. The lowest BCUT2D eigenvalue weighted by atomic mass is 9.65. The van der Waals surface area contributed by atoms with Crippen LogP contribution in [-0.4, -0.2) is 47.1 Å². The Morgan fingerprint density at radius 1 is 1.11 bits per heavy atom. The average Bonchev–Trinajstić information content (AvgIpc) is 2.63. The van der Waals surface area contributed by atoms with Crippen molar-refractivity contribution in [3.63, 3.8) is 0 Å². The molecule has 4 heteroatoms. The third-order valence-corrected chi connectivity index (χ3v) is 6.98. The summed E-state index contributed by atoms with van der Waals surface area (Å²) in [6, 6.07) is 16.6. The van der Waals surface area contributed by atoms with Crippen LogP contribution in [-0.2, 0) is 12.0 Å². The van der Waals surface area contributed by atoms with Crippen molar-refractivity contribution in [2.75, 3.05) is 26.2 Å². The molecule has 0 radical (unpaired) electrons. The van der Waals surface area contributed by atoms with Crippen LogP contribution in [0, 0.1) is 5.92 Å². The van der Waals surface area contributed by atoms with Crippen molar-refractivity contribution in [2.24, 2.45) is 5.92 Å². The van der Waals surface area contributed by atoms with Gasteiger partial charge in [0.2, 0.25) is 0 Å². The third-order valence-electron chi connectivity index (χ3n) is 6.75. The molecular weight excluding hydrogens is 356 g/mol. The first kappa shape index (κ1) is 18.8. The van der Waals surface area contributed by atoms with E-state index in [2.05, 4.69) is 41.8 Å². The number of hydrogen-bond acceptors (Lipinski definition) is 3. The fraction of sp³-hybridized carbons (Fsp3) is 0.478. The van der Waals surface area contributed by atoms with E-state index < -0.39 is 0 Å². The van der Waals surface area contributed by atoms with Crippen molar-refractivity contribution >= 4 is 11.6 Å². The van der Waals surface area contributed by atoms with Crippen molar-refractivity contribution < 1.29 is 5.11 Å². The van der Waals surface area contributed by atoms with Crippen LogP contribution < -0.4 is 0 Å². The lowest BCUT2D eigenvalue weighted by Crippen LogP contribution is -2.60. The standard InChI is InChI=1S/C23H29ClN2O/c1-17-14-26-10-9-25(15-18-5-3-7-20(24)11-18)16-21(26)13-23(17,2)19-6-4-8-22(27)12-19/h3-8,11-12,17,21,27H,9-10,13-16H2,1-2H3/t17-,21+,23+/m0/s1. The first-order chi connectivity index (χ1) is 12.9. The molecule has 2 aromatic rings. The van der Waals surface area contributed by atoms with E-state index in [1.54, 1.807) is 6.07 Å². The van der Waals surface area contributed by atoms with Gasteiger partial charge in [0.15, 0.2) is 0 Å². The summed E-state index contributed by atoms with van der Waals surface area (Å²) in [5.41, 5.74) is 2.65. The molecule has 0 aromatic heterocycles. The lowest BCUT2D eigenvalue weighted by Gasteiger charge is -2.53. The smallest absolute Gasteiger partial charge is 0.115 e. The number of benzene rings is 2. The molecular formula is C23H29ClN2O. The highest BCUT2D eigenvalue weighted by atomic mass is 35.5. The maximum Gasteiger partial charge on any atom is 0.115 e. The van der Waals surface area contributed by atoms with E-state index >= 15 is 0 Å². The van der Waals surface area contributed by atoms with Crippen molar-refractivity contribution in [2.45, 2.75) is 38.3 Å². The quantitative estimate of drug-likeness (QED) is 0.842. The van der Waals surface area contributed by atoms with Gasteiger partial charge in [0.25, 0.3) is 0 Å². The average molecular weight is 385 g/mol. The molecule has 0 saturated carbocycles. The van der Waals surface area contributed by atoms with E-state index in [-0.39, 0.29) is 5.41 Å². The Kier molecular flexibility index (Phi) is 5.19. The Bertz CT molecular complexity index is 810. The summed E-state index contributed by atoms with van der Waals surface area (Å²) in [5.74, 6) is 0.935. The number of aromatic hydroxyl groups is 1. The fourth-order valence-corrected chi connectivity index (χ4v) is 5.15. The van der Waals surface area contributed by atoms with Crippen LogP contribution in [0.3, 0.4) is 0 Å². The number of halogens is 1. The van der Waals surface area contributed by atoms with Crippen LogP contribution in [0.4, 0.5) is 0 Å². The largest absolute Gasteiger partial charge is 0.508 e. The van der Waals surface area contributed by atoms with Crippen molar-refractivity contribution in [1.29, 1.82) is 0 Å². The molecule has 1 N–H and O–H groups in total. The molecule has 2 fully saturated rings. The Morgan fingerprint density at radius 3 is 2.70 bits per heavy atom. The van der Waals surface area contributed by atoms with Crippen LogP contribution in [0.25, 0.3) is 0 Å². The highest BCUT2D eigenvalue weighted by molar-refractivity contribution is 6.30. The Morgan fingerprint density at radius 2 is 1.93 bits per heavy atom. The van der Waals surface area contributed by atoms with E-state index in [4.69, 9.17) is 11.6 Å². The summed E-state index contributed by atoms with van der Waals surface area (Å²) >= 11 is 6.16. The van der Waals surface area contributed by atoms with E-state index in [9.17, 15) is 5.11 Å². The number of phenols is 1. The molecule has 4 rings (SSSR count). The molecule has 0 unspecified atom stereocenters. The zero-order valence-electron chi connectivity index (χ0n) is 16.2. The van der Waals surface area contributed by atoms with Gasteiger partial charge < -0.3 is 5.11 Å². The molecule has 3 nitrogen and oxygen atoms in total. The van der Waals surface area contributed by atoms with Gasteiger partial charge in [-0.2, -0.15) is 0 Å². The molecule has 0 aliphatic carbocycles. The summed E-state index contributed by atoms with van der Waals surface area (Å²) < 4.78 is 0. The minimum Gasteiger partial charge on any atom is -0.508 e. The minimum atomic E-state index is 0.0962. The molecule has 2 saturated heterocycles. The minimum absolute atomic E-state index is 0.0962. The van der Waals surface area contributed by atoms with Gasteiger partial charge in [-0.3, -0.25) is 9.80 Å². The number of phenolic OH excluding ortho intramolecular Hbond substituents is 1. The Labute approximate surface area is 167 Å². The normalized spacial score (nSPS) is 29.4. The second-order valence-corrected chi connectivity index (χ2v) is 9.02. The van der Waals surface area contributed by atoms with E-state index in [0.717, 1.165) is 44.2 Å². The van der Waals surface area contributed by atoms with Crippen LogP contribution in [0.1, 0.15) is 31.4 Å². The first-order valence-corrected chi connectivity index (χ1v) is 10.3. The lowest BCUT2D eigenvalue weighted by molar-refractivity contribution is -0.00557. The molecule has 3 atom stereocenters. The summed E-state index contributed by atoms with van der Waals surface area (Å²) in [6.07, 6.45) is 1.13. The van der Waals surface area contributed by atoms with Crippen molar-refractivity contribution in [1.82, 2.24) is 9.80 Å². The van der Waals surface area contributed by atoms with E-state index in [0.29, 0.717) is 17.7 Å². The maximum atomic E-state index is 9.98. The SMILES string of the molecule is C[C@H]1CN2CCN(Cc3cccc(Cl)c3)C[C@H]2C[C@@]1(C)c1cccc(O)c1. The summed E-state index contributed by atoms with van der Waals surface area (Å²) in [5, 5.41) is 10.8. The predicted molar refractivity (Wildman–Crippen MR) is 111 cm³/mol. The van der Waals surface area contributed by atoms with Gasteiger partial charge in [0.1, 0.15) is 5.75 Å². The van der Waals surface area contributed by atoms with Crippen LogP contribution >= 0.6 is 11.6 Å². The highest BCUT2D eigenvalue weighted by Crippen LogP contribution is 2.43. The monoisotopic (exact) mass is 384 g/mol. The zero-order valence-corrected chi connectivity index (χ0v) is 17.0. The molecule has 0 bridgehead atoms. The van der Waals surface area contributed by atoms with Gasteiger partial charge in [-0.25, -0.2) is 0 Å². The Hall–Kier alpha value is -1.55. The fourth-order valence-electron chi connectivity index (χ4n) is 4.94. The van der Waals surface area contributed by atoms with Crippen molar-refractivity contribution in [3.05, 3.63) is 64.7 Å². The molecule has 0 amide bonds. The molecule has 27 heavy (non-hydrogen) atoms. The second-order valence-electron chi connectivity index (χ2n) is 8.59. The summed E-state index contributed by atoms with van der Waals surface area (Å²) in [4.78, 5) is 5.23. The highest BCUT2D eigenvalue weighted by Gasteiger charge is 2.44. The molecule has 144 valence electrons. The maximum absolute atomic E-state index is 9.98. The number of piperazine rings is 1. The summed E-state index contributed by atoms with van der Waals surface area (Å²) in [7, 11) is 0. The molecule has 2 heterocycles. The number of piperidine rings is 1. The zero-order chi connectivity index (χ0) is 19.0. The van der Waals surface area contributed by atoms with Gasteiger partial charge in [0, 0.05) is 43.8 Å². The molecule has 2 aliphatic rings. The molecule has 0 spiro atoms. The van der Waals surface area contributed by atoms with Gasteiger partial charge in [0.05, 0.1) is 0 Å². The molecule has 2 aliphatic heterocycles. The van der Waals surface area contributed by atoms with E-state index in [1.165, 1.54) is 11.1 Å². The number of fused-ring (bicyclic) bond motifs is 1. The Balaban J connectivity index is 1.50. The van der Waals surface area contributed by atoms with Crippen LogP contribution in [0.15, 0.2) is 48.5 Å². The summed E-state index contributed by atoms with van der Waals surface area (Å²) in [6.45, 7) is 10.2. The number of rotatable bonds is 3. The number of hydrogen-bond donors (Lipinski definition) is 1. The predicted octanol–water partition coefficient (Wildman–Crippen LogP) is 4.53.